The lowest BCUT2D eigenvalue weighted by Crippen LogP contribution is -2.07. The highest BCUT2D eigenvalue weighted by molar-refractivity contribution is 5.74. The largest absolute Gasteiger partial charge is 0.497 e. The van der Waals surface area contributed by atoms with Crippen LogP contribution in [-0.2, 0) is 16.0 Å². The maximum absolute atomic E-state index is 11.2. The van der Waals surface area contributed by atoms with Crippen LogP contribution in [0.15, 0.2) is 12.1 Å². The van der Waals surface area contributed by atoms with Crippen LogP contribution >= 0.6 is 0 Å². The van der Waals surface area contributed by atoms with E-state index < -0.39 is 0 Å². The summed E-state index contributed by atoms with van der Waals surface area (Å²) in [6, 6.07) is 3.62. The van der Waals surface area contributed by atoms with Crippen LogP contribution in [0.25, 0.3) is 0 Å². The van der Waals surface area contributed by atoms with Gasteiger partial charge in [-0.1, -0.05) is 0 Å². The predicted octanol–water partition coefficient (Wildman–Crippen LogP) is 1.73. The van der Waals surface area contributed by atoms with Crippen LogP contribution in [0.5, 0.6) is 11.5 Å². The summed E-state index contributed by atoms with van der Waals surface area (Å²) in [5, 5.41) is 0. The molecule has 0 radical (unpaired) electrons. The second-order valence-corrected chi connectivity index (χ2v) is 3.38. The summed E-state index contributed by atoms with van der Waals surface area (Å²) >= 11 is 0. The first-order valence-electron chi connectivity index (χ1n) is 4.90. The Bertz CT molecular complexity index is 385. The summed E-state index contributed by atoms with van der Waals surface area (Å²) in [6.45, 7) is 1.91. The zero-order chi connectivity index (χ0) is 12.1. The topological polar surface area (TPSA) is 44.8 Å². The van der Waals surface area contributed by atoms with E-state index in [0.29, 0.717) is 11.5 Å². The lowest BCUT2D eigenvalue weighted by Gasteiger charge is -2.12. The quantitative estimate of drug-likeness (QED) is 0.730. The van der Waals surface area contributed by atoms with Crippen LogP contribution in [0.4, 0.5) is 0 Å². The predicted molar refractivity (Wildman–Crippen MR) is 60.0 cm³/mol. The van der Waals surface area contributed by atoms with Crippen LogP contribution < -0.4 is 9.47 Å². The molecule has 0 N–H and O–H groups in total. The molecule has 4 heteroatoms. The van der Waals surface area contributed by atoms with Crippen molar-refractivity contribution >= 4 is 5.97 Å². The zero-order valence-electron chi connectivity index (χ0n) is 9.99. The number of carbonyl (C=O) groups excluding carboxylic acids is 1. The van der Waals surface area contributed by atoms with Crippen molar-refractivity contribution in [3.05, 3.63) is 23.3 Å². The SMILES string of the molecule is COC(=O)Cc1c(C)cc(OC)cc1OC. The van der Waals surface area contributed by atoms with Gasteiger partial charge in [-0.3, -0.25) is 4.79 Å². The minimum absolute atomic E-state index is 0.204. The molecule has 0 amide bonds. The standard InChI is InChI=1S/C12H16O4/c1-8-5-9(14-2)6-11(15-3)10(8)7-12(13)16-4/h5-6H,7H2,1-4H3. The summed E-state index contributed by atoms with van der Waals surface area (Å²) in [5.74, 6) is 1.07. The Morgan fingerprint density at radius 1 is 1.19 bits per heavy atom. The molecule has 0 unspecified atom stereocenters. The highest BCUT2D eigenvalue weighted by Crippen LogP contribution is 2.28. The van der Waals surface area contributed by atoms with Crippen molar-refractivity contribution in [2.45, 2.75) is 13.3 Å². The molecular formula is C12H16O4. The molecule has 0 aliphatic rings. The zero-order valence-corrected chi connectivity index (χ0v) is 9.99. The third-order valence-electron chi connectivity index (χ3n) is 2.41. The maximum atomic E-state index is 11.2. The first-order chi connectivity index (χ1) is 7.62. The molecule has 0 bridgehead atoms. The number of rotatable bonds is 4. The minimum Gasteiger partial charge on any atom is -0.497 e. The molecule has 0 saturated carbocycles. The molecule has 16 heavy (non-hydrogen) atoms. The fourth-order valence-electron chi connectivity index (χ4n) is 1.50. The summed E-state index contributed by atoms with van der Waals surface area (Å²) in [5.41, 5.74) is 1.77. The van der Waals surface area contributed by atoms with Crippen LogP contribution in [0.3, 0.4) is 0 Å². The Hall–Kier alpha value is -1.71. The van der Waals surface area contributed by atoms with E-state index in [1.807, 2.05) is 13.0 Å². The summed E-state index contributed by atoms with van der Waals surface area (Å²) in [6.07, 6.45) is 0.204. The van der Waals surface area contributed by atoms with Gasteiger partial charge in [-0.25, -0.2) is 0 Å². The first-order valence-corrected chi connectivity index (χ1v) is 4.90. The monoisotopic (exact) mass is 224 g/mol. The number of hydrogen-bond donors (Lipinski definition) is 0. The normalized spacial score (nSPS) is 9.75. The van der Waals surface area contributed by atoms with Crippen molar-refractivity contribution in [3.8, 4) is 11.5 Å². The lowest BCUT2D eigenvalue weighted by atomic mass is 10.0. The van der Waals surface area contributed by atoms with Crippen molar-refractivity contribution in [3.63, 3.8) is 0 Å². The van der Waals surface area contributed by atoms with Crippen LogP contribution in [0, 0.1) is 6.92 Å². The summed E-state index contributed by atoms with van der Waals surface area (Å²) in [7, 11) is 4.52. The van der Waals surface area contributed by atoms with Crippen LogP contribution in [0.1, 0.15) is 11.1 Å². The maximum Gasteiger partial charge on any atom is 0.310 e. The smallest absolute Gasteiger partial charge is 0.310 e. The summed E-state index contributed by atoms with van der Waals surface area (Å²) < 4.78 is 15.0. The van der Waals surface area contributed by atoms with E-state index in [-0.39, 0.29) is 12.4 Å². The second-order valence-electron chi connectivity index (χ2n) is 3.38. The minimum atomic E-state index is -0.286. The third-order valence-corrected chi connectivity index (χ3v) is 2.41. The molecule has 0 saturated heterocycles. The number of aryl methyl sites for hydroxylation is 1. The van der Waals surface area contributed by atoms with Gasteiger partial charge in [0.25, 0.3) is 0 Å². The molecule has 0 fully saturated rings. The molecule has 1 aromatic rings. The fraction of sp³-hybridized carbons (Fsp3) is 0.417. The first kappa shape index (κ1) is 12.4. The molecule has 88 valence electrons. The Morgan fingerprint density at radius 3 is 2.38 bits per heavy atom. The number of esters is 1. The molecule has 0 heterocycles. The van der Waals surface area contributed by atoms with E-state index in [2.05, 4.69) is 4.74 Å². The van der Waals surface area contributed by atoms with Gasteiger partial charge in [0.15, 0.2) is 0 Å². The van der Waals surface area contributed by atoms with Crippen molar-refractivity contribution in [1.82, 2.24) is 0 Å². The molecule has 0 aliphatic carbocycles. The van der Waals surface area contributed by atoms with Gasteiger partial charge in [0, 0.05) is 11.6 Å². The second kappa shape index (κ2) is 5.39. The lowest BCUT2D eigenvalue weighted by molar-refractivity contribution is -0.139. The van der Waals surface area contributed by atoms with Crippen molar-refractivity contribution in [2.24, 2.45) is 0 Å². The number of ether oxygens (including phenoxy) is 3. The fourth-order valence-corrected chi connectivity index (χ4v) is 1.50. The molecular weight excluding hydrogens is 208 g/mol. The number of carbonyl (C=O) groups is 1. The Kier molecular flexibility index (Phi) is 4.17. The van der Waals surface area contributed by atoms with Gasteiger partial charge in [0.1, 0.15) is 11.5 Å². The van der Waals surface area contributed by atoms with Gasteiger partial charge < -0.3 is 14.2 Å². The highest BCUT2D eigenvalue weighted by Gasteiger charge is 2.13. The van der Waals surface area contributed by atoms with Gasteiger partial charge in [-0.05, 0) is 18.6 Å². The number of benzene rings is 1. The molecule has 4 nitrogen and oxygen atoms in total. The van der Waals surface area contributed by atoms with Crippen molar-refractivity contribution in [1.29, 1.82) is 0 Å². The Labute approximate surface area is 95.1 Å². The summed E-state index contributed by atoms with van der Waals surface area (Å²) in [4.78, 5) is 11.2. The highest BCUT2D eigenvalue weighted by atomic mass is 16.5. The average Bonchev–Trinajstić information content (AvgIpc) is 2.30. The molecule has 0 atom stereocenters. The van der Waals surface area contributed by atoms with Crippen molar-refractivity contribution in [2.75, 3.05) is 21.3 Å². The van der Waals surface area contributed by atoms with Gasteiger partial charge in [0.05, 0.1) is 27.8 Å². The van der Waals surface area contributed by atoms with Crippen molar-refractivity contribution < 1.29 is 19.0 Å². The van der Waals surface area contributed by atoms with E-state index >= 15 is 0 Å². The van der Waals surface area contributed by atoms with E-state index in [0.717, 1.165) is 11.1 Å². The van der Waals surface area contributed by atoms with Gasteiger partial charge in [0.2, 0.25) is 0 Å². The van der Waals surface area contributed by atoms with E-state index in [1.54, 1.807) is 20.3 Å². The third kappa shape index (κ3) is 2.66. The van der Waals surface area contributed by atoms with Crippen LogP contribution in [0.2, 0.25) is 0 Å². The molecule has 0 aliphatic heterocycles. The van der Waals surface area contributed by atoms with E-state index in [9.17, 15) is 4.79 Å². The van der Waals surface area contributed by atoms with Gasteiger partial charge in [-0.2, -0.15) is 0 Å². The Morgan fingerprint density at radius 2 is 1.88 bits per heavy atom. The molecule has 0 spiro atoms. The molecule has 1 aromatic carbocycles. The van der Waals surface area contributed by atoms with Crippen LogP contribution in [-0.4, -0.2) is 27.3 Å². The van der Waals surface area contributed by atoms with E-state index in [1.165, 1.54) is 7.11 Å². The molecule has 0 aromatic heterocycles. The average molecular weight is 224 g/mol. The molecule has 1 rings (SSSR count). The van der Waals surface area contributed by atoms with Gasteiger partial charge in [-0.15, -0.1) is 0 Å². The Balaban J connectivity index is 3.11. The number of hydrogen-bond acceptors (Lipinski definition) is 4. The van der Waals surface area contributed by atoms with Gasteiger partial charge >= 0.3 is 5.97 Å². The van der Waals surface area contributed by atoms with E-state index in [4.69, 9.17) is 9.47 Å². The number of methoxy groups -OCH3 is 3.